The Hall–Kier alpha value is -0.930. The second kappa shape index (κ2) is 4.05. The van der Waals surface area contributed by atoms with Crippen LogP contribution in [0.2, 0.25) is 0 Å². The van der Waals surface area contributed by atoms with Crippen molar-refractivity contribution in [3.63, 3.8) is 0 Å². The van der Waals surface area contributed by atoms with Crippen molar-refractivity contribution in [3.8, 4) is 0 Å². The van der Waals surface area contributed by atoms with Crippen molar-refractivity contribution >= 4 is 0 Å². The lowest BCUT2D eigenvalue weighted by Gasteiger charge is -2.12. The maximum atomic E-state index is 5.34. The van der Waals surface area contributed by atoms with Crippen molar-refractivity contribution in [2.75, 3.05) is 0 Å². The minimum atomic E-state index is 0.226. The predicted octanol–water partition coefficient (Wildman–Crippen LogP) is 0.996. The van der Waals surface area contributed by atoms with Gasteiger partial charge in [-0.3, -0.25) is 16.3 Å². The van der Waals surface area contributed by atoms with Gasteiger partial charge in [0.25, 0.3) is 0 Å². The van der Waals surface area contributed by atoms with Crippen molar-refractivity contribution in [1.29, 1.82) is 0 Å². The number of hydrazine groups is 1. The Morgan fingerprint density at radius 3 is 3.00 bits per heavy atom. The highest BCUT2D eigenvalue weighted by atomic mass is 15.2. The fourth-order valence-electron chi connectivity index (χ4n) is 1.03. The van der Waals surface area contributed by atoms with Crippen LogP contribution in [0.15, 0.2) is 24.5 Å². The Kier molecular flexibility index (Phi) is 3.01. The average Bonchev–Trinajstić information content (AvgIpc) is 2.09. The van der Waals surface area contributed by atoms with Crippen molar-refractivity contribution in [3.05, 3.63) is 30.1 Å². The van der Waals surface area contributed by atoms with Gasteiger partial charge in [-0.05, 0) is 18.1 Å². The molecule has 1 aromatic heterocycles. The molecule has 3 nitrogen and oxygen atoms in total. The maximum absolute atomic E-state index is 5.34. The van der Waals surface area contributed by atoms with Crippen LogP contribution in [0.4, 0.5) is 0 Å². The van der Waals surface area contributed by atoms with E-state index < -0.39 is 0 Å². The number of nitrogens with one attached hydrogen (secondary N) is 1. The van der Waals surface area contributed by atoms with Crippen molar-refractivity contribution < 1.29 is 0 Å². The molecule has 0 aromatic carbocycles. The van der Waals surface area contributed by atoms with Crippen LogP contribution >= 0.6 is 0 Å². The summed E-state index contributed by atoms with van der Waals surface area (Å²) in [6.45, 7) is 2.08. The van der Waals surface area contributed by atoms with Gasteiger partial charge in [0.15, 0.2) is 0 Å². The summed E-state index contributed by atoms with van der Waals surface area (Å²) >= 11 is 0. The van der Waals surface area contributed by atoms with Gasteiger partial charge in [-0.2, -0.15) is 0 Å². The van der Waals surface area contributed by atoms with E-state index in [1.807, 2.05) is 18.3 Å². The molecule has 0 aliphatic carbocycles. The standard InChI is InChI=1S/C8H13N3/c1-2-8(11-9)7-4-3-5-10-6-7/h3-6,8,11H,2,9H2,1H3/t8-/m0/s1. The molecule has 3 N–H and O–H groups in total. The average molecular weight is 151 g/mol. The quantitative estimate of drug-likeness (QED) is 0.500. The molecule has 1 heterocycles. The minimum Gasteiger partial charge on any atom is -0.271 e. The normalized spacial score (nSPS) is 12.9. The van der Waals surface area contributed by atoms with E-state index in [2.05, 4.69) is 17.3 Å². The van der Waals surface area contributed by atoms with Crippen molar-refractivity contribution in [2.45, 2.75) is 19.4 Å². The van der Waals surface area contributed by atoms with Crippen molar-refractivity contribution in [2.24, 2.45) is 5.84 Å². The van der Waals surface area contributed by atoms with Gasteiger partial charge in [-0.1, -0.05) is 13.0 Å². The Bertz CT molecular complexity index is 194. The number of pyridine rings is 1. The molecule has 0 amide bonds. The van der Waals surface area contributed by atoms with Gasteiger partial charge in [0.1, 0.15) is 0 Å². The first-order valence-electron chi connectivity index (χ1n) is 3.74. The van der Waals surface area contributed by atoms with E-state index >= 15 is 0 Å². The summed E-state index contributed by atoms with van der Waals surface area (Å²) in [5.74, 6) is 5.34. The molecule has 0 saturated heterocycles. The summed E-state index contributed by atoms with van der Waals surface area (Å²) in [6, 6.07) is 4.15. The van der Waals surface area contributed by atoms with E-state index in [4.69, 9.17) is 5.84 Å². The lowest BCUT2D eigenvalue weighted by atomic mass is 10.1. The highest BCUT2D eigenvalue weighted by Crippen LogP contribution is 2.12. The third-order valence-electron chi connectivity index (χ3n) is 1.70. The Morgan fingerprint density at radius 2 is 2.55 bits per heavy atom. The van der Waals surface area contributed by atoms with Gasteiger partial charge < -0.3 is 0 Å². The van der Waals surface area contributed by atoms with E-state index in [1.165, 1.54) is 0 Å². The number of hydrogen-bond acceptors (Lipinski definition) is 3. The number of rotatable bonds is 3. The minimum absolute atomic E-state index is 0.226. The van der Waals surface area contributed by atoms with E-state index in [1.54, 1.807) is 6.20 Å². The molecule has 0 aliphatic rings. The van der Waals surface area contributed by atoms with Gasteiger partial charge in [0.05, 0.1) is 0 Å². The summed E-state index contributed by atoms with van der Waals surface area (Å²) in [5, 5.41) is 0. The molecule has 0 aliphatic heterocycles. The first-order valence-corrected chi connectivity index (χ1v) is 3.74. The molecular weight excluding hydrogens is 138 g/mol. The fourth-order valence-corrected chi connectivity index (χ4v) is 1.03. The lowest BCUT2D eigenvalue weighted by molar-refractivity contribution is 0.537. The van der Waals surface area contributed by atoms with Crippen LogP contribution in [-0.4, -0.2) is 4.98 Å². The zero-order chi connectivity index (χ0) is 8.10. The molecule has 0 fully saturated rings. The molecule has 0 spiro atoms. The van der Waals surface area contributed by atoms with Crippen LogP contribution in [-0.2, 0) is 0 Å². The van der Waals surface area contributed by atoms with Crippen LogP contribution < -0.4 is 11.3 Å². The van der Waals surface area contributed by atoms with E-state index in [0.29, 0.717) is 0 Å². The van der Waals surface area contributed by atoms with Crippen LogP contribution in [0.1, 0.15) is 24.9 Å². The number of hydrogen-bond donors (Lipinski definition) is 2. The number of aromatic nitrogens is 1. The molecule has 0 unspecified atom stereocenters. The summed E-state index contributed by atoms with van der Waals surface area (Å²) < 4.78 is 0. The van der Waals surface area contributed by atoms with Gasteiger partial charge in [-0.25, -0.2) is 0 Å². The second-order valence-corrected chi connectivity index (χ2v) is 2.41. The highest BCUT2D eigenvalue weighted by Gasteiger charge is 2.04. The molecule has 1 atom stereocenters. The Labute approximate surface area is 66.6 Å². The zero-order valence-electron chi connectivity index (χ0n) is 6.62. The number of nitrogens with two attached hydrogens (primary N) is 1. The first-order chi connectivity index (χ1) is 5.38. The van der Waals surface area contributed by atoms with Crippen molar-refractivity contribution in [1.82, 2.24) is 10.4 Å². The van der Waals surface area contributed by atoms with Crippen LogP contribution in [0.3, 0.4) is 0 Å². The lowest BCUT2D eigenvalue weighted by Crippen LogP contribution is -2.27. The Morgan fingerprint density at radius 1 is 1.73 bits per heavy atom. The molecule has 1 aromatic rings. The predicted molar refractivity (Wildman–Crippen MR) is 44.6 cm³/mol. The fraction of sp³-hybridized carbons (Fsp3) is 0.375. The summed E-state index contributed by atoms with van der Waals surface area (Å²) in [5.41, 5.74) is 3.86. The summed E-state index contributed by atoms with van der Waals surface area (Å²) in [7, 11) is 0. The van der Waals surface area contributed by atoms with Gasteiger partial charge in [-0.15, -0.1) is 0 Å². The molecule has 0 bridgehead atoms. The summed E-state index contributed by atoms with van der Waals surface area (Å²) in [6.07, 6.45) is 4.56. The van der Waals surface area contributed by atoms with Crippen LogP contribution in [0, 0.1) is 0 Å². The highest BCUT2D eigenvalue weighted by molar-refractivity contribution is 5.12. The Balaban J connectivity index is 2.74. The van der Waals surface area contributed by atoms with E-state index in [0.717, 1.165) is 12.0 Å². The zero-order valence-corrected chi connectivity index (χ0v) is 6.62. The third-order valence-corrected chi connectivity index (χ3v) is 1.70. The van der Waals surface area contributed by atoms with Gasteiger partial charge in [0, 0.05) is 18.4 Å². The van der Waals surface area contributed by atoms with Gasteiger partial charge >= 0.3 is 0 Å². The molecular formula is C8H13N3. The van der Waals surface area contributed by atoms with Crippen LogP contribution in [0.25, 0.3) is 0 Å². The third kappa shape index (κ3) is 2.00. The summed E-state index contributed by atoms with van der Waals surface area (Å²) in [4.78, 5) is 4.01. The SMILES string of the molecule is CC[C@H](NN)c1cccnc1. The van der Waals surface area contributed by atoms with E-state index in [9.17, 15) is 0 Å². The second-order valence-electron chi connectivity index (χ2n) is 2.41. The van der Waals surface area contributed by atoms with Crippen LogP contribution in [0.5, 0.6) is 0 Å². The molecule has 1 rings (SSSR count). The molecule has 0 saturated carbocycles. The molecule has 60 valence electrons. The molecule has 11 heavy (non-hydrogen) atoms. The van der Waals surface area contributed by atoms with E-state index in [-0.39, 0.29) is 6.04 Å². The molecule has 3 heteroatoms. The smallest absolute Gasteiger partial charge is 0.0472 e. The number of nitrogens with zero attached hydrogens (tertiary/aromatic N) is 1. The first kappa shape index (κ1) is 8.17. The van der Waals surface area contributed by atoms with Gasteiger partial charge in [0.2, 0.25) is 0 Å². The molecule has 0 radical (unpaired) electrons. The largest absolute Gasteiger partial charge is 0.271 e. The maximum Gasteiger partial charge on any atom is 0.0472 e. The monoisotopic (exact) mass is 151 g/mol. The topological polar surface area (TPSA) is 50.9 Å².